The fourth-order valence-corrected chi connectivity index (χ4v) is 3.39. The van der Waals surface area contributed by atoms with Crippen molar-refractivity contribution < 1.29 is 22.8 Å². The van der Waals surface area contributed by atoms with Gasteiger partial charge in [-0.25, -0.2) is 9.97 Å². The third-order valence-electron chi connectivity index (χ3n) is 4.83. The van der Waals surface area contributed by atoms with E-state index in [9.17, 15) is 22.8 Å². The monoisotopic (exact) mass is 434 g/mol. The number of halogens is 3. The lowest BCUT2D eigenvalue weighted by molar-refractivity contribution is -0.137. The molecule has 1 saturated heterocycles. The fraction of sp³-hybridized carbons (Fsp3) is 0.300. The van der Waals surface area contributed by atoms with E-state index in [1.807, 2.05) is 4.90 Å². The summed E-state index contributed by atoms with van der Waals surface area (Å²) in [6, 6.07) is 4.08. The molecule has 164 valence electrons. The molecule has 1 fully saturated rings. The van der Waals surface area contributed by atoms with Crippen molar-refractivity contribution in [1.29, 1.82) is 0 Å². The molecule has 0 spiro atoms. The topological polar surface area (TPSA) is 104 Å². The molecule has 3 N–H and O–H groups in total. The summed E-state index contributed by atoms with van der Waals surface area (Å²) in [4.78, 5) is 35.6. The van der Waals surface area contributed by atoms with Crippen LogP contribution in [0.5, 0.6) is 0 Å². The molecule has 31 heavy (non-hydrogen) atoms. The van der Waals surface area contributed by atoms with Gasteiger partial charge in [0, 0.05) is 44.1 Å². The quantitative estimate of drug-likeness (QED) is 0.677. The second-order valence-corrected chi connectivity index (χ2v) is 6.93. The Morgan fingerprint density at radius 2 is 1.87 bits per heavy atom. The van der Waals surface area contributed by atoms with Crippen molar-refractivity contribution in [3.63, 3.8) is 0 Å². The Kier molecular flexibility index (Phi) is 6.42. The second kappa shape index (κ2) is 9.02. The summed E-state index contributed by atoms with van der Waals surface area (Å²) in [7, 11) is 0. The molecule has 0 saturated carbocycles. The number of piperazine rings is 1. The van der Waals surface area contributed by atoms with Crippen LogP contribution in [-0.2, 0) is 15.8 Å². The molecule has 11 heteroatoms. The number of aromatic nitrogens is 2. The number of carbonyl (C=O) groups excluding carboxylic acids is 2. The minimum Gasteiger partial charge on any atom is -0.370 e. The van der Waals surface area contributed by atoms with Crippen LogP contribution in [0.25, 0.3) is 0 Å². The van der Waals surface area contributed by atoms with Gasteiger partial charge in [0.1, 0.15) is 0 Å². The van der Waals surface area contributed by atoms with Crippen molar-refractivity contribution in [1.82, 2.24) is 14.9 Å². The van der Waals surface area contributed by atoms with E-state index in [-0.39, 0.29) is 18.9 Å². The lowest BCUT2D eigenvalue weighted by atomic mass is 10.1. The maximum atomic E-state index is 12.8. The van der Waals surface area contributed by atoms with Crippen molar-refractivity contribution in [2.75, 3.05) is 29.9 Å². The largest absolute Gasteiger partial charge is 0.416 e. The zero-order valence-corrected chi connectivity index (χ0v) is 16.5. The number of amides is 2. The van der Waals surface area contributed by atoms with Gasteiger partial charge in [0.15, 0.2) is 11.6 Å². The van der Waals surface area contributed by atoms with Crippen molar-refractivity contribution in [3.8, 4) is 0 Å². The van der Waals surface area contributed by atoms with E-state index in [4.69, 9.17) is 5.73 Å². The average molecular weight is 434 g/mol. The summed E-state index contributed by atoms with van der Waals surface area (Å²) in [5.74, 6) is -0.0599. The number of nitrogens with two attached hydrogens (primary N) is 1. The van der Waals surface area contributed by atoms with Gasteiger partial charge in [-0.15, -0.1) is 0 Å². The van der Waals surface area contributed by atoms with Gasteiger partial charge in [0.25, 0.3) is 0 Å². The molecule has 1 aliphatic heterocycles. The summed E-state index contributed by atoms with van der Waals surface area (Å²) in [6.45, 7) is 4.50. The zero-order valence-electron chi connectivity index (χ0n) is 16.5. The maximum absolute atomic E-state index is 12.8. The van der Waals surface area contributed by atoms with E-state index in [1.165, 1.54) is 35.5 Å². The van der Waals surface area contributed by atoms with E-state index >= 15 is 0 Å². The van der Waals surface area contributed by atoms with Gasteiger partial charge in [0.2, 0.25) is 11.8 Å². The van der Waals surface area contributed by atoms with Gasteiger partial charge >= 0.3 is 6.18 Å². The van der Waals surface area contributed by atoms with E-state index in [0.717, 1.165) is 12.1 Å². The van der Waals surface area contributed by atoms with Gasteiger partial charge < -0.3 is 20.9 Å². The Bertz CT molecular complexity index is 964. The molecule has 0 bridgehead atoms. The lowest BCUT2D eigenvalue weighted by Crippen LogP contribution is -2.56. The van der Waals surface area contributed by atoms with Gasteiger partial charge in [-0.2, -0.15) is 13.2 Å². The van der Waals surface area contributed by atoms with E-state index in [1.54, 1.807) is 0 Å². The van der Waals surface area contributed by atoms with Crippen LogP contribution in [0.3, 0.4) is 0 Å². The van der Waals surface area contributed by atoms with Crippen LogP contribution in [0.15, 0.2) is 49.3 Å². The molecule has 1 aromatic carbocycles. The average Bonchev–Trinajstić information content (AvgIpc) is 2.73. The van der Waals surface area contributed by atoms with Crippen molar-refractivity contribution in [3.05, 3.63) is 54.9 Å². The number of nitrogens with zero attached hydrogens (tertiary/aromatic N) is 4. The molecule has 0 aliphatic carbocycles. The summed E-state index contributed by atoms with van der Waals surface area (Å²) >= 11 is 0. The minimum absolute atomic E-state index is 0.0298. The number of anilines is 3. The summed E-state index contributed by atoms with van der Waals surface area (Å²) in [5.41, 5.74) is 5.00. The molecule has 1 aromatic heterocycles. The van der Waals surface area contributed by atoms with Gasteiger partial charge in [-0.05, 0) is 30.3 Å². The Balaban J connectivity index is 1.81. The summed E-state index contributed by atoms with van der Waals surface area (Å²) < 4.78 is 38.3. The number of carbonyl (C=O) groups is 2. The van der Waals surface area contributed by atoms with Crippen molar-refractivity contribution in [2.45, 2.75) is 18.6 Å². The van der Waals surface area contributed by atoms with Crippen LogP contribution in [0.2, 0.25) is 0 Å². The van der Waals surface area contributed by atoms with Crippen LogP contribution >= 0.6 is 0 Å². The Morgan fingerprint density at radius 1 is 1.19 bits per heavy atom. The van der Waals surface area contributed by atoms with Crippen LogP contribution in [0, 0.1) is 0 Å². The number of rotatable bonds is 6. The number of hydrogen-bond acceptors (Lipinski definition) is 6. The van der Waals surface area contributed by atoms with E-state index in [2.05, 4.69) is 21.9 Å². The zero-order chi connectivity index (χ0) is 22.6. The molecule has 2 aromatic rings. The third-order valence-corrected chi connectivity index (χ3v) is 4.83. The highest BCUT2D eigenvalue weighted by Crippen LogP contribution is 2.31. The first kappa shape index (κ1) is 22.1. The maximum Gasteiger partial charge on any atom is 0.416 e. The Morgan fingerprint density at radius 3 is 2.48 bits per heavy atom. The molecule has 0 radical (unpaired) electrons. The number of hydrogen-bond donors (Lipinski definition) is 2. The molecule has 3 rings (SSSR count). The van der Waals surface area contributed by atoms with Crippen molar-refractivity contribution >= 4 is 29.1 Å². The van der Waals surface area contributed by atoms with Gasteiger partial charge in [-0.1, -0.05) is 6.58 Å². The second-order valence-electron chi connectivity index (χ2n) is 6.93. The Labute approximate surface area is 176 Å². The molecule has 1 aliphatic rings. The highest BCUT2D eigenvalue weighted by molar-refractivity contribution is 5.88. The lowest BCUT2D eigenvalue weighted by Gasteiger charge is -2.41. The Hall–Kier alpha value is -3.63. The fourth-order valence-electron chi connectivity index (χ4n) is 3.39. The summed E-state index contributed by atoms with van der Waals surface area (Å²) in [5, 5.41) is 2.98. The van der Waals surface area contributed by atoms with Crippen molar-refractivity contribution in [2.24, 2.45) is 5.73 Å². The first-order chi connectivity index (χ1) is 14.7. The van der Waals surface area contributed by atoms with Crippen LogP contribution in [0.4, 0.5) is 30.5 Å². The number of nitrogens with one attached hydrogen (secondary N) is 1. The highest BCUT2D eigenvalue weighted by atomic mass is 19.4. The smallest absolute Gasteiger partial charge is 0.370 e. The summed E-state index contributed by atoms with van der Waals surface area (Å²) in [6.07, 6.45) is -0.332. The molecule has 2 heterocycles. The molecule has 8 nitrogen and oxygen atoms in total. The SMILES string of the molecule is C=CC(=O)N1CCN(c2nccnc2Nc2ccc(C(F)(F)F)cc2)CC1CC(N)=O. The number of alkyl halides is 3. The third kappa shape index (κ3) is 5.30. The predicted octanol–water partition coefficient (Wildman–Crippen LogP) is 2.32. The van der Waals surface area contributed by atoms with E-state index < -0.39 is 23.7 Å². The molecule has 2 amide bonds. The van der Waals surface area contributed by atoms with Gasteiger partial charge in [0.05, 0.1) is 11.6 Å². The highest BCUT2D eigenvalue weighted by Gasteiger charge is 2.32. The predicted molar refractivity (Wildman–Crippen MR) is 108 cm³/mol. The molecular weight excluding hydrogens is 413 g/mol. The minimum atomic E-state index is -4.42. The first-order valence-electron chi connectivity index (χ1n) is 9.40. The molecule has 1 atom stereocenters. The first-order valence-corrected chi connectivity index (χ1v) is 9.40. The van der Waals surface area contributed by atoms with Crippen LogP contribution in [0.1, 0.15) is 12.0 Å². The van der Waals surface area contributed by atoms with Crippen LogP contribution in [-0.4, -0.2) is 52.4 Å². The number of primary amides is 1. The van der Waals surface area contributed by atoms with Crippen LogP contribution < -0.4 is 16.0 Å². The van der Waals surface area contributed by atoms with E-state index in [0.29, 0.717) is 30.4 Å². The number of benzene rings is 1. The molecular formula is C20H21F3N6O2. The normalized spacial score (nSPS) is 16.7. The molecule has 1 unspecified atom stereocenters. The standard InChI is InChI=1S/C20H21F3N6O2/c1-2-17(31)29-10-9-28(12-15(29)11-16(24)30)19-18(25-7-8-26-19)27-14-5-3-13(4-6-14)20(21,22)23/h2-8,15H,1,9-12H2,(H2,24,30)(H,25,27). The van der Waals surface area contributed by atoms with Gasteiger partial charge in [-0.3, -0.25) is 9.59 Å².